The zero-order valence-corrected chi connectivity index (χ0v) is 30.0. The van der Waals surface area contributed by atoms with Gasteiger partial charge in [-0.3, -0.25) is 4.79 Å². The van der Waals surface area contributed by atoms with Gasteiger partial charge in [-0.25, -0.2) is 0 Å². The van der Waals surface area contributed by atoms with E-state index in [-0.39, 0.29) is 5.97 Å². The van der Waals surface area contributed by atoms with Crippen LogP contribution in [0, 0.1) is 0 Å². The normalized spacial score (nSPS) is 13.8. The van der Waals surface area contributed by atoms with E-state index in [4.69, 9.17) is 4.74 Å². The van der Waals surface area contributed by atoms with Crippen LogP contribution in [-0.4, -0.2) is 27.5 Å². The summed E-state index contributed by atoms with van der Waals surface area (Å²) >= 11 is 4.66. The highest BCUT2D eigenvalue weighted by atomic mass is 32.4. The van der Waals surface area contributed by atoms with Gasteiger partial charge < -0.3 is 4.74 Å². The molecule has 0 heterocycles. The van der Waals surface area contributed by atoms with E-state index in [9.17, 15) is 4.79 Å². The second-order valence-corrected chi connectivity index (χ2v) is 29.7. The number of hydrogen-bond donors (Lipinski definition) is 0. The van der Waals surface area contributed by atoms with E-state index in [1.54, 1.807) is 4.91 Å². The van der Waals surface area contributed by atoms with E-state index < -0.39 is 14.4 Å². The van der Waals surface area contributed by atoms with Gasteiger partial charge in [0.2, 0.25) is 0 Å². The molecule has 0 aliphatic rings. The Bertz CT molecular complexity index is 599. The first-order chi connectivity index (χ1) is 16.7. The number of esters is 1. The van der Waals surface area contributed by atoms with Crippen molar-refractivity contribution in [1.82, 2.24) is 0 Å². The number of unbranched alkanes of at least 4 members (excludes halogenated alkanes) is 5. The lowest BCUT2D eigenvalue weighted by molar-refractivity contribution is -0.140. The molecule has 0 radical (unpaired) electrons. The highest BCUT2D eigenvalue weighted by Crippen LogP contribution is 2.55. The van der Waals surface area contributed by atoms with Gasteiger partial charge in [0.15, 0.2) is 0 Å². The molecule has 36 heavy (non-hydrogen) atoms. The third kappa shape index (κ3) is 10.5. The van der Waals surface area contributed by atoms with Crippen molar-refractivity contribution in [3.05, 3.63) is 10.3 Å². The number of allylic oxidation sites excluding steroid dienone is 1. The van der Waals surface area contributed by atoms with Crippen LogP contribution in [0.5, 0.6) is 0 Å². The van der Waals surface area contributed by atoms with Crippen molar-refractivity contribution in [3.8, 4) is 0 Å². The minimum Gasteiger partial charge on any atom is -0.469 e. The van der Waals surface area contributed by atoms with Crippen molar-refractivity contribution in [2.24, 2.45) is 0 Å². The van der Waals surface area contributed by atoms with E-state index in [0.717, 1.165) is 46.1 Å². The second kappa shape index (κ2) is 17.8. The molecule has 0 amide bonds. The molecule has 0 fully saturated rings. The Morgan fingerprint density at radius 1 is 0.611 bits per heavy atom. The van der Waals surface area contributed by atoms with Crippen molar-refractivity contribution in [1.29, 1.82) is 0 Å². The van der Waals surface area contributed by atoms with Gasteiger partial charge in [-0.2, -0.15) is 22.4 Å². The molecule has 0 N–H and O–H groups in total. The minimum atomic E-state index is -1.56. The molecular formula is C30H62O2S2Si2. The first kappa shape index (κ1) is 36.3. The van der Waals surface area contributed by atoms with Crippen LogP contribution in [0.2, 0.25) is 33.2 Å². The van der Waals surface area contributed by atoms with Gasteiger partial charge in [0.25, 0.3) is 0 Å². The molecule has 0 saturated heterocycles. The zero-order chi connectivity index (χ0) is 28.1. The minimum absolute atomic E-state index is 0.0729. The topological polar surface area (TPSA) is 26.3 Å². The predicted molar refractivity (Wildman–Crippen MR) is 174 cm³/mol. The fraction of sp³-hybridized carbons (Fsp3) is 0.900. The highest BCUT2D eigenvalue weighted by molar-refractivity contribution is 8.34. The van der Waals surface area contributed by atoms with E-state index in [0.29, 0.717) is 6.42 Å². The molecule has 0 spiro atoms. The van der Waals surface area contributed by atoms with Crippen molar-refractivity contribution in [2.45, 2.75) is 168 Å². The fourth-order valence-corrected chi connectivity index (χ4v) is 25.7. The molecule has 6 heteroatoms. The van der Waals surface area contributed by atoms with Crippen LogP contribution in [-0.2, 0) is 9.53 Å². The number of rotatable bonds is 19. The molecular weight excluding hydrogens is 513 g/mol. The molecule has 2 nitrogen and oxygen atoms in total. The average Bonchev–Trinajstić information content (AvgIpc) is 2.76. The molecule has 0 aliphatic carbocycles. The Kier molecular flexibility index (Phi) is 18.0. The molecule has 214 valence electrons. The van der Waals surface area contributed by atoms with Gasteiger partial charge in [-0.05, 0) is 62.8 Å². The third-order valence-corrected chi connectivity index (χ3v) is 33.0. The molecule has 0 unspecified atom stereocenters. The standard InChI is InChI=1S/C30H62O2S2Si2/c1-23(2)35(24(3)4,25(5)6)33-22-29(34-36(26(7)8,27(9)10)28(11)12)20-18-16-14-15-17-19-21-30(31)32-13/h22-28H,14-21H2,1-13H3/b29-22+. The third-order valence-electron chi connectivity index (χ3n) is 8.40. The zero-order valence-electron chi connectivity index (χ0n) is 26.3. The van der Waals surface area contributed by atoms with Gasteiger partial charge >= 0.3 is 5.97 Å². The van der Waals surface area contributed by atoms with E-state index in [1.165, 1.54) is 39.2 Å². The maximum Gasteiger partial charge on any atom is 0.305 e. The molecule has 0 saturated carbocycles. The van der Waals surface area contributed by atoms with Crippen LogP contribution in [0.15, 0.2) is 10.3 Å². The maximum atomic E-state index is 11.3. The van der Waals surface area contributed by atoms with Crippen molar-refractivity contribution in [3.63, 3.8) is 0 Å². The maximum absolute atomic E-state index is 11.3. The van der Waals surface area contributed by atoms with E-state index >= 15 is 0 Å². The first-order valence-electron chi connectivity index (χ1n) is 14.8. The lowest BCUT2D eigenvalue weighted by atomic mass is 10.1. The van der Waals surface area contributed by atoms with Crippen molar-refractivity contribution < 1.29 is 9.53 Å². The van der Waals surface area contributed by atoms with Gasteiger partial charge in [0.1, 0.15) is 14.4 Å². The van der Waals surface area contributed by atoms with Crippen molar-refractivity contribution in [2.75, 3.05) is 7.11 Å². The monoisotopic (exact) mass is 574 g/mol. The van der Waals surface area contributed by atoms with E-state index in [1.807, 2.05) is 0 Å². The predicted octanol–water partition coefficient (Wildman–Crippen LogP) is 11.9. The van der Waals surface area contributed by atoms with Crippen LogP contribution in [0.25, 0.3) is 0 Å². The smallest absolute Gasteiger partial charge is 0.305 e. The number of ether oxygens (including phenoxy) is 1. The van der Waals surface area contributed by atoms with Crippen LogP contribution in [0.3, 0.4) is 0 Å². The lowest BCUT2D eigenvalue weighted by Crippen LogP contribution is -2.41. The van der Waals surface area contributed by atoms with Gasteiger partial charge in [-0.15, -0.1) is 0 Å². The summed E-state index contributed by atoms with van der Waals surface area (Å²) in [6.07, 6.45) is 8.98. The van der Waals surface area contributed by atoms with Crippen LogP contribution in [0.4, 0.5) is 0 Å². The molecule has 0 aromatic rings. The SMILES string of the molecule is COC(=O)CCCCCCCC/C(=C\S[Si](C(C)C)(C(C)C)C(C)C)S[Si](C(C)C)(C(C)C)C(C)C. The molecule has 0 aromatic carbocycles. The van der Waals surface area contributed by atoms with Crippen LogP contribution in [0.1, 0.15) is 134 Å². The molecule has 0 rings (SSSR count). The summed E-state index contributed by atoms with van der Waals surface area (Å²) in [5.41, 5.74) is 4.64. The molecule has 0 aliphatic heterocycles. The van der Waals surface area contributed by atoms with Gasteiger partial charge in [-0.1, -0.05) is 109 Å². The van der Waals surface area contributed by atoms with Gasteiger partial charge in [0, 0.05) is 6.42 Å². The largest absolute Gasteiger partial charge is 0.469 e. The summed E-state index contributed by atoms with van der Waals surface area (Å²) in [5, 5.41) is 2.68. The molecule has 0 atom stereocenters. The highest BCUT2D eigenvalue weighted by Gasteiger charge is 2.46. The number of hydrogen-bond acceptors (Lipinski definition) is 4. The molecule has 0 aromatic heterocycles. The summed E-state index contributed by atoms with van der Waals surface area (Å²) in [4.78, 5) is 13.0. The summed E-state index contributed by atoms with van der Waals surface area (Å²) in [7, 11) is -1.61. The summed E-state index contributed by atoms with van der Waals surface area (Å²) in [6, 6.07) is 0. The average molecular weight is 575 g/mol. The van der Waals surface area contributed by atoms with Crippen LogP contribution < -0.4 is 0 Å². The second-order valence-electron chi connectivity index (χ2n) is 12.6. The Balaban J connectivity index is 5.63. The van der Waals surface area contributed by atoms with Crippen molar-refractivity contribution >= 4 is 42.8 Å². The first-order valence-corrected chi connectivity index (χ1v) is 22.4. The Hall–Kier alpha value is 0.344. The quantitative estimate of drug-likeness (QED) is 0.0870. The summed E-state index contributed by atoms with van der Waals surface area (Å²) < 4.78 is 4.76. The lowest BCUT2D eigenvalue weighted by Gasteiger charge is -2.44. The molecule has 0 bridgehead atoms. The number of methoxy groups -OCH3 is 1. The Morgan fingerprint density at radius 3 is 1.33 bits per heavy atom. The summed E-state index contributed by atoms with van der Waals surface area (Å²) in [5.74, 6) is -0.0729. The fourth-order valence-electron chi connectivity index (χ4n) is 6.67. The number of carbonyl (C=O) groups is 1. The van der Waals surface area contributed by atoms with Crippen LogP contribution >= 0.6 is 22.4 Å². The number of carbonyl (C=O) groups excluding carboxylic acids is 1. The van der Waals surface area contributed by atoms with E-state index in [2.05, 4.69) is 111 Å². The Labute approximate surface area is 236 Å². The Morgan fingerprint density at radius 2 is 0.972 bits per heavy atom. The summed E-state index contributed by atoms with van der Waals surface area (Å²) in [6.45, 7) is 29.9. The van der Waals surface area contributed by atoms with Gasteiger partial charge in [0.05, 0.1) is 7.11 Å².